The average molecular weight is 240 g/mol. The quantitative estimate of drug-likeness (QED) is 0.708. The number of hydrogen-bond acceptors (Lipinski definition) is 4. The molecule has 0 saturated carbocycles. The Labute approximate surface area is 101 Å². The van der Waals surface area contributed by atoms with Gasteiger partial charge in [-0.2, -0.15) is 0 Å². The second-order valence-electron chi connectivity index (χ2n) is 5.26. The Morgan fingerprint density at radius 1 is 1.24 bits per heavy atom. The van der Waals surface area contributed by atoms with Crippen LogP contribution in [0.2, 0.25) is 0 Å². The molecule has 3 saturated heterocycles. The van der Waals surface area contributed by atoms with E-state index in [0.717, 1.165) is 19.3 Å². The lowest BCUT2D eigenvalue weighted by molar-refractivity contribution is -0.126. The van der Waals surface area contributed by atoms with Gasteiger partial charge in [0.1, 0.15) is 0 Å². The van der Waals surface area contributed by atoms with E-state index in [1.54, 1.807) is 0 Å². The summed E-state index contributed by atoms with van der Waals surface area (Å²) < 4.78 is 11.1. The third kappa shape index (κ3) is 2.07. The molecular formula is C12H20N2O3. The van der Waals surface area contributed by atoms with Crippen LogP contribution in [0.4, 0.5) is 0 Å². The molecule has 0 aromatic carbocycles. The maximum absolute atomic E-state index is 12.2. The highest BCUT2D eigenvalue weighted by molar-refractivity contribution is 5.80. The molecule has 96 valence electrons. The van der Waals surface area contributed by atoms with Gasteiger partial charge in [0.15, 0.2) is 0 Å². The molecule has 0 aromatic heterocycles. The van der Waals surface area contributed by atoms with Gasteiger partial charge in [-0.1, -0.05) is 0 Å². The minimum absolute atomic E-state index is 0.0564. The molecule has 17 heavy (non-hydrogen) atoms. The van der Waals surface area contributed by atoms with Gasteiger partial charge >= 0.3 is 0 Å². The Bertz CT molecular complexity index is 310. The molecule has 3 heterocycles. The summed E-state index contributed by atoms with van der Waals surface area (Å²) in [5, 5.41) is 6.27. The zero-order chi connectivity index (χ0) is 11.8. The molecule has 0 spiro atoms. The molecule has 2 N–H and O–H groups in total. The summed E-state index contributed by atoms with van der Waals surface area (Å²) in [5.41, 5.74) is 0. The van der Waals surface area contributed by atoms with E-state index in [0.29, 0.717) is 19.3 Å². The first kappa shape index (κ1) is 11.4. The van der Waals surface area contributed by atoms with Crippen molar-refractivity contribution in [3.05, 3.63) is 0 Å². The second-order valence-corrected chi connectivity index (χ2v) is 5.26. The van der Waals surface area contributed by atoms with E-state index in [-0.39, 0.29) is 30.0 Å². The predicted molar refractivity (Wildman–Crippen MR) is 61.6 cm³/mol. The van der Waals surface area contributed by atoms with Gasteiger partial charge in [-0.05, 0) is 26.3 Å². The third-order valence-corrected chi connectivity index (χ3v) is 4.22. The Morgan fingerprint density at radius 2 is 2.12 bits per heavy atom. The standard InChI is InChI=1S/C12H20N2O3/c1-13-10-6-16-5-8(10)12(15)14-9-4-7-2-3-11(9)17-7/h7-11,13H,2-6H2,1H3,(H,14,15). The zero-order valence-electron chi connectivity index (χ0n) is 10.1. The molecule has 2 bridgehead atoms. The number of likely N-dealkylation sites (N-methyl/N-ethyl adjacent to an activating group) is 1. The number of nitrogens with one attached hydrogen (secondary N) is 2. The van der Waals surface area contributed by atoms with Crippen LogP contribution in [0.1, 0.15) is 19.3 Å². The maximum Gasteiger partial charge on any atom is 0.227 e. The summed E-state index contributed by atoms with van der Waals surface area (Å²) in [6.07, 6.45) is 3.85. The number of amides is 1. The van der Waals surface area contributed by atoms with Crippen molar-refractivity contribution in [2.75, 3.05) is 20.3 Å². The Morgan fingerprint density at radius 3 is 2.76 bits per heavy atom. The smallest absolute Gasteiger partial charge is 0.227 e. The molecule has 3 fully saturated rings. The van der Waals surface area contributed by atoms with Gasteiger partial charge in [-0.25, -0.2) is 0 Å². The van der Waals surface area contributed by atoms with Crippen LogP contribution in [0.15, 0.2) is 0 Å². The molecule has 0 aromatic rings. The van der Waals surface area contributed by atoms with Crippen molar-refractivity contribution in [1.82, 2.24) is 10.6 Å². The van der Waals surface area contributed by atoms with Gasteiger partial charge in [0.25, 0.3) is 0 Å². The number of rotatable bonds is 3. The lowest BCUT2D eigenvalue weighted by Gasteiger charge is -2.23. The Kier molecular flexibility index (Phi) is 3.06. The largest absolute Gasteiger partial charge is 0.379 e. The number of ether oxygens (including phenoxy) is 2. The first-order valence-electron chi connectivity index (χ1n) is 6.49. The van der Waals surface area contributed by atoms with E-state index >= 15 is 0 Å². The number of hydrogen-bond donors (Lipinski definition) is 2. The molecule has 5 heteroatoms. The summed E-state index contributed by atoms with van der Waals surface area (Å²) >= 11 is 0. The fourth-order valence-electron chi connectivity index (χ4n) is 3.18. The molecule has 1 amide bonds. The van der Waals surface area contributed by atoms with Gasteiger partial charge in [0, 0.05) is 6.04 Å². The summed E-state index contributed by atoms with van der Waals surface area (Å²) in [5.74, 6) is 0.0575. The van der Waals surface area contributed by atoms with Gasteiger partial charge < -0.3 is 20.1 Å². The van der Waals surface area contributed by atoms with Crippen molar-refractivity contribution >= 4 is 5.91 Å². The fourth-order valence-corrected chi connectivity index (χ4v) is 3.18. The van der Waals surface area contributed by atoms with Gasteiger partial charge in [-0.15, -0.1) is 0 Å². The van der Waals surface area contributed by atoms with Crippen LogP contribution < -0.4 is 10.6 Å². The summed E-state index contributed by atoms with van der Waals surface area (Å²) in [6, 6.07) is 0.369. The topological polar surface area (TPSA) is 59.6 Å². The van der Waals surface area contributed by atoms with Crippen molar-refractivity contribution < 1.29 is 14.3 Å². The van der Waals surface area contributed by atoms with E-state index in [1.165, 1.54) is 0 Å². The van der Waals surface area contributed by atoms with Crippen molar-refractivity contribution in [3.8, 4) is 0 Å². The van der Waals surface area contributed by atoms with E-state index < -0.39 is 0 Å². The van der Waals surface area contributed by atoms with Crippen LogP contribution >= 0.6 is 0 Å². The van der Waals surface area contributed by atoms with E-state index in [4.69, 9.17) is 9.47 Å². The highest BCUT2D eigenvalue weighted by Gasteiger charge is 2.43. The predicted octanol–water partition coefficient (Wildman–Crippen LogP) is -0.343. The summed E-state index contributed by atoms with van der Waals surface area (Å²) in [7, 11) is 1.88. The molecule has 0 radical (unpaired) electrons. The Balaban J connectivity index is 1.56. The molecule has 5 atom stereocenters. The summed E-state index contributed by atoms with van der Waals surface area (Å²) in [4.78, 5) is 12.2. The average Bonchev–Trinajstić information content (AvgIpc) is 3.04. The SMILES string of the molecule is CNC1COCC1C(=O)NC1CC2CCC1O2. The van der Waals surface area contributed by atoms with Crippen LogP contribution in [0.5, 0.6) is 0 Å². The first-order valence-corrected chi connectivity index (χ1v) is 6.49. The maximum atomic E-state index is 12.2. The molecule has 3 rings (SSSR count). The lowest BCUT2D eigenvalue weighted by atomic mass is 9.94. The van der Waals surface area contributed by atoms with Crippen molar-refractivity contribution in [1.29, 1.82) is 0 Å². The van der Waals surface area contributed by atoms with Crippen LogP contribution in [-0.4, -0.2) is 50.5 Å². The van der Waals surface area contributed by atoms with E-state index in [9.17, 15) is 4.79 Å². The van der Waals surface area contributed by atoms with Crippen LogP contribution in [0.3, 0.4) is 0 Å². The van der Waals surface area contributed by atoms with Gasteiger partial charge in [0.05, 0.1) is 37.4 Å². The molecule has 5 nitrogen and oxygen atoms in total. The molecular weight excluding hydrogens is 220 g/mol. The first-order chi connectivity index (χ1) is 8.28. The molecule has 3 aliphatic rings. The van der Waals surface area contributed by atoms with Crippen LogP contribution in [-0.2, 0) is 14.3 Å². The minimum atomic E-state index is -0.0564. The molecule has 5 unspecified atom stereocenters. The molecule has 3 aliphatic heterocycles. The number of carbonyl (C=O) groups is 1. The van der Waals surface area contributed by atoms with Crippen LogP contribution in [0.25, 0.3) is 0 Å². The highest BCUT2D eigenvalue weighted by atomic mass is 16.5. The van der Waals surface area contributed by atoms with Crippen molar-refractivity contribution in [2.45, 2.75) is 43.6 Å². The number of fused-ring (bicyclic) bond motifs is 2. The third-order valence-electron chi connectivity index (χ3n) is 4.22. The lowest BCUT2D eigenvalue weighted by Crippen LogP contribution is -2.48. The normalized spacial score (nSPS) is 44.2. The van der Waals surface area contributed by atoms with Crippen molar-refractivity contribution in [3.63, 3.8) is 0 Å². The number of carbonyl (C=O) groups excluding carboxylic acids is 1. The fraction of sp³-hybridized carbons (Fsp3) is 0.917. The van der Waals surface area contributed by atoms with Crippen LogP contribution in [0, 0.1) is 5.92 Å². The second kappa shape index (κ2) is 4.55. The highest BCUT2D eigenvalue weighted by Crippen LogP contribution is 2.34. The van der Waals surface area contributed by atoms with Gasteiger partial charge in [0.2, 0.25) is 5.91 Å². The minimum Gasteiger partial charge on any atom is -0.379 e. The Hall–Kier alpha value is -0.650. The zero-order valence-corrected chi connectivity index (χ0v) is 10.1. The molecule has 0 aliphatic carbocycles. The van der Waals surface area contributed by atoms with E-state index in [1.807, 2.05) is 7.05 Å². The van der Waals surface area contributed by atoms with E-state index in [2.05, 4.69) is 10.6 Å². The van der Waals surface area contributed by atoms with Crippen molar-refractivity contribution in [2.24, 2.45) is 5.92 Å². The monoisotopic (exact) mass is 240 g/mol. The van der Waals surface area contributed by atoms with Gasteiger partial charge in [-0.3, -0.25) is 4.79 Å². The summed E-state index contributed by atoms with van der Waals surface area (Å²) in [6.45, 7) is 1.15.